The molecule has 9 rings (SSSR count). The third-order valence-electron chi connectivity index (χ3n) is 13.7. The van der Waals surface area contributed by atoms with Gasteiger partial charge in [-0.25, -0.2) is 32.2 Å². The number of benzene rings is 3. The molecule has 6 heterocycles. The van der Waals surface area contributed by atoms with E-state index in [1.807, 2.05) is 52.0 Å². The van der Waals surface area contributed by atoms with Crippen molar-refractivity contribution in [2.45, 2.75) is 95.8 Å². The monoisotopic (exact) mass is 1140 g/mol. The molecule has 0 bridgehead atoms. The van der Waals surface area contributed by atoms with E-state index in [0.717, 1.165) is 33.8 Å². The topological polar surface area (TPSA) is 265 Å². The number of imidazole rings is 1. The van der Waals surface area contributed by atoms with Gasteiger partial charge in [0.1, 0.15) is 45.6 Å². The molecule has 0 spiro atoms. The second-order valence-electron chi connectivity index (χ2n) is 20.6. The van der Waals surface area contributed by atoms with Crippen LogP contribution < -0.4 is 25.4 Å². The molecular weight excluding hydrogens is 1080 g/mol. The number of aryl methyl sites for hydroxylation is 1. The molecule has 5 N–H and O–H groups in total. The van der Waals surface area contributed by atoms with Gasteiger partial charge in [0.2, 0.25) is 29.5 Å². The number of pyridine rings is 2. The van der Waals surface area contributed by atoms with Crippen molar-refractivity contribution >= 4 is 56.3 Å². The second kappa shape index (κ2) is 24.5. The molecule has 4 amide bonds. The van der Waals surface area contributed by atoms with Crippen LogP contribution in [0.4, 0.5) is 14.5 Å². The van der Waals surface area contributed by atoms with Crippen LogP contribution in [-0.4, -0.2) is 110 Å². The van der Waals surface area contributed by atoms with Crippen LogP contribution >= 0.6 is 11.3 Å². The fourth-order valence-corrected chi connectivity index (χ4v) is 11.3. The zero-order chi connectivity index (χ0) is 57.6. The number of carbonyl (C=O) groups excluding carboxylic acids is 4. The number of amides is 4. The Balaban J connectivity index is 0.756. The number of halogens is 2. The number of anilines is 1. The molecule has 8 aromatic rings. The van der Waals surface area contributed by atoms with Crippen molar-refractivity contribution in [3.05, 3.63) is 137 Å². The molecule has 3 aromatic carbocycles. The summed E-state index contributed by atoms with van der Waals surface area (Å²) in [7, 11) is -3.25. The maximum absolute atomic E-state index is 14.5. The number of aromatic nitrogens is 6. The number of methoxy groups -OCH3 is 1. The van der Waals surface area contributed by atoms with Crippen LogP contribution in [0.5, 0.6) is 5.88 Å². The van der Waals surface area contributed by atoms with Crippen molar-refractivity contribution in [1.82, 2.24) is 50.4 Å². The van der Waals surface area contributed by atoms with Crippen molar-refractivity contribution in [1.29, 1.82) is 0 Å². The van der Waals surface area contributed by atoms with Gasteiger partial charge in [0.05, 0.1) is 46.6 Å². The number of β-amino-alcohol motifs (C(OH)–C–C–N with tert-alkyl or cyclic N) is 1. The first kappa shape index (κ1) is 57.2. The summed E-state index contributed by atoms with van der Waals surface area (Å²) in [5, 5.41) is 28.0. The molecule has 422 valence electrons. The molecule has 0 aliphatic carbocycles. The first-order chi connectivity index (χ1) is 38.8. The minimum atomic E-state index is -4.54. The lowest BCUT2D eigenvalue weighted by Crippen LogP contribution is -2.57. The number of nitrogens with zero attached hydrogens (tertiary/aromatic N) is 7. The van der Waals surface area contributed by atoms with E-state index >= 15 is 0 Å². The Kier molecular flexibility index (Phi) is 17.3. The normalized spacial score (nSPS) is 14.9. The maximum atomic E-state index is 14.5. The fourth-order valence-electron chi connectivity index (χ4n) is 9.43. The highest BCUT2D eigenvalue weighted by Gasteiger charge is 2.44. The van der Waals surface area contributed by atoms with Crippen molar-refractivity contribution in [2.75, 3.05) is 24.9 Å². The quantitative estimate of drug-likeness (QED) is 0.0426. The molecule has 0 saturated carbocycles. The number of rotatable bonds is 21. The van der Waals surface area contributed by atoms with E-state index in [0.29, 0.717) is 71.9 Å². The molecule has 1 aliphatic rings. The smallest absolute Gasteiger partial charge is 0.266 e. The van der Waals surface area contributed by atoms with Crippen molar-refractivity contribution in [2.24, 2.45) is 5.41 Å². The predicted molar refractivity (Wildman–Crippen MR) is 298 cm³/mol. The number of carbonyl (C=O) groups is 4. The zero-order valence-corrected chi connectivity index (χ0v) is 46.5. The van der Waals surface area contributed by atoms with E-state index in [2.05, 4.69) is 45.8 Å². The van der Waals surface area contributed by atoms with Gasteiger partial charge in [-0.3, -0.25) is 28.3 Å². The summed E-state index contributed by atoms with van der Waals surface area (Å²) in [6.45, 7) is 8.03. The summed E-state index contributed by atoms with van der Waals surface area (Å²) in [6.07, 6.45) is 6.57. The van der Waals surface area contributed by atoms with Gasteiger partial charge in [0, 0.05) is 62.1 Å². The average molecular weight is 1140 g/mol. The number of hydrogen-bond acceptors (Lipinski definition) is 15. The standard InChI is InChI=1S/C57H59F2N11O9S2/c1-33-49(80-32-64-33)35-17-15-34(16-18-35)27-62-52(74)44-26-39(71)31-70(44)56(75)50(57(2,3)4)65-48(72)14-8-6-7-11-23-60-51(73)40-12-9-10-13-41(40)53-66-67-55(79-53)45-29-61-47-22-19-36(30-69(45)47)37-24-43(54(78-5)63-28-37)68-81(76,77)46-21-20-38(58)25-42(46)59/h9-10,12-13,15-22,24-25,28-30,32,39,44,50,68,71H,6-8,11,14,23,26-27,31H2,1-5H3,(H,60,73)(H,62,74)(H,65,72)/t39-,44+,50-/m1/s1. The number of nitrogens with one attached hydrogen (secondary N) is 4. The van der Waals surface area contributed by atoms with E-state index in [4.69, 9.17) is 9.15 Å². The van der Waals surface area contributed by atoms with Gasteiger partial charge in [-0.15, -0.1) is 21.5 Å². The summed E-state index contributed by atoms with van der Waals surface area (Å²) in [4.78, 5) is 69.3. The number of unbranched alkanes of at least 4 members (excludes halogenated alkanes) is 3. The SMILES string of the molecule is COc1ncc(-c2ccc3ncc(-c4nnc(-c5ccccc5C(=O)NCCCCCCC(=O)N[C@H](C(=O)N5C[C@H](O)C[C@H]5C(=O)NCc5ccc(-c6scnc6C)cc5)C(C)(C)C)o4)n3c2)cc1NS(=O)(=O)c1ccc(F)cc1F. The number of ether oxygens (including phenoxy) is 1. The molecule has 1 saturated heterocycles. The number of fused-ring (bicyclic) bond motifs is 1. The van der Waals surface area contributed by atoms with Crippen LogP contribution in [0.3, 0.4) is 0 Å². The van der Waals surface area contributed by atoms with E-state index in [1.165, 1.54) is 30.5 Å². The van der Waals surface area contributed by atoms with Gasteiger partial charge in [-0.2, -0.15) is 0 Å². The van der Waals surface area contributed by atoms with Crippen molar-refractivity contribution < 1.29 is 50.6 Å². The van der Waals surface area contributed by atoms with E-state index in [1.54, 1.807) is 63.8 Å². The zero-order valence-electron chi connectivity index (χ0n) is 44.9. The van der Waals surface area contributed by atoms with Gasteiger partial charge in [-0.05, 0) is 78.8 Å². The molecule has 3 atom stereocenters. The van der Waals surface area contributed by atoms with Gasteiger partial charge < -0.3 is 35.1 Å². The lowest BCUT2D eigenvalue weighted by Gasteiger charge is -2.35. The maximum Gasteiger partial charge on any atom is 0.266 e. The van der Waals surface area contributed by atoms with Crippen LogP contribution in [-0.2, 0) is 31.0 Å². The van der Waals surface area contributed by atoms with E-state index < -0.39 is 56.1 Å². The molecule has 20 nitrogen and oxygen atoms in total. The number of sulfonamides is 1. The number of hydrogen-bond donors (Lipinski definition) is 5. The number of likely N-dealkylation sites (tertiary alicyclic amines) is 1. The van der Waals surface area contributed by atoms with Crippen LogP contribution in [0.2, 0.25) is 0 Å². The fraction of sp³-hybridized carbons (Fsp3) is 0.316. The summed E-state index contributed by atoms with van der Waals surface area (Å²) >= 11 is 1.56. The Bertz CT molecular complexity index is 3730. The molecule has 5 aromatic heterocycles. The van der Waals surface area contributed by atoms with Crippen LogP contribution in [0.25, 0.3) is 50.3 Å². The van der Waals surface area contributed by atoms with E-state index in [-0.39, 0.29) is 67.0 Å². The van der Waals surface area contributed by atoms with Crippen LogP contribution in [0.15, 0.2) is 118 Å². The largest absolute Gasteiger partial charge is 0.480 e. The van der Waals surface area contributed by atoms with Crippen molar-refractivity contribution in [3.63, 3.8) is 0 Å². The summed E-state index contributed by atoms with van der Waals surface area (Å²) in [6, 6.07) is 19.8. The molecule has 24 heteroatoms. The molecule has 0 radical (unpaired) electrons. The van der Waals surface area contributed by atoms with Crippen LogP contribution in [0.1, 0.15) is 80.9 Å². The minimum Gasteiger partial charge on any atom is -0.480 e. The van der Waals surface area contributed by atoms with Gasteiger partial charge in [0.25, 0.3) is 21.8 Å². The van der Waals surface area contributed by atoms with Gasteiger partial charge in [-0.1, -0.05) is 70.0 Å². The highest BCUT2D eigenvalue weighted by Crippen LogP contribution is 2.34. The summed E-state index contributed by atoms with van der Waals surface area (Å²) < 4.78 is 69.8. The Morgan fingerprint density at radius 2 is 1.63 bits per heavy atom. The minimum absolute atomic E-state index is 0.0295. The van der Waals surface area contributed by atoms with Gasteiger partial charge in [0.15, 0.2) is 0 Å². The average Bonchev–Trinajstić information content (AvgIpc) is 4.44. The third kappa shape index (κ3) is 13.2. The first-order valence-corrected chi connectivity index (χ1v) is 28.4. The Labute approximate surface area is 469 Å². The number of aliphatic hydroxyl groups is 1. The molecule has 1 aliphatic heterocycles. The second-order valence-corrected chi connectivity index (χ2v) is 23.1. The Morgan fingerprint density at radius 3 is 2.37 bits per heavy atom. The van der Waals surface area contributed by atoms with Crippen LogP contribution in [0, 0.1) is 24.0 Å². The molecule has 1 fully saturated rings. The summed E-state index contributed by atoms with van der Waals surface area (Å²) in [5.41, 5.74) is 6.42. The highest BCUT2D eigenvalue weighted by atomic mass is 32.2. The molecule has 0 unspecified atom stereocenters. The van der Waals surface area contributed by atoms with Gasteiger partial charge >= 0.3 is 0 Å². The first-order valence-electron chi connectivity index (χ1n) is 26.0. The number of aliphatic hydroxyl groups excluding tert-OH is 1. The number of thiazole rings is 1. The van der Waals surface area contributed by atoms with E-state index in [9.17, 15) is 41.5 Å². The highest BCUT2D eigenvalue weighted by molar-refractivity contribution is 7.92. The summed E-state index contributed by atoms with van der Waals surface area (Å²) in [5.74, 6) is -3.64. The Hall–Kier alpha value is -8.48. The molecule has 81 heavy (non-hydrogen) atoms. The lowest BCUT2D eigenvalue weighted by molar-refractivity contribution is -0.144. The predicted octanol–water partition coefficient (Wildman–Crippen LogP) is 8.12. The lowest BCUT2D eigenvalue weighted by atomic mass is 9.85. The molecular formula is C57H59F2N11O9S2. The van der Waals surface area contributed by atoms with Crippen molar-refractivity contribution in [3.8, 4) is 50.5 Å². The Morgan fingerprint density at radius 1 is 0.877 bits per heavy atom. The third-order valence-corrected chi connectivity index (χ3v) is 16.1.